The van der Waals surface area contributed by atoms with E-state index in [1.807, 2.05) is 18.2 Å². The molecule has 0 aliphatic heterocycles. The largest absolute Gasteiger partial charge is 0.487 e. The first kappa shape index (κ1) is 26.2. The number of hydrogen-bond acceptors (Lipinski definition) is 5. The lowest BCUT2D eigenvalue weighted by Gasteiger charge is -2.12. The predicted octanol–water partition coefficient (Wildman–Crippen LogP) is 7.24. The molecule has 0 aliphatic carbocycles. The Kier molecular flexibility index (Phi) is 9.12. The second kappa shape index (κ2) is 11.8. The van der Waals surface area contributed by atoms with Crippen LogP contribution in [0, 0.1) is 28.6 Å². The maximum atomic E-state index is 12.6. The second-order valence-electron chi connectivity index (χ2n) is 6.77. The fourth-order valence-corrected chi connectivity index (χ4v) is 5.18. The van der Waals surface area contributed by atoms with E-state index < -0.39 is 10.8 Å². The summed E-state index contributed by atoms with van der Waals surface area (Å²) in [5.41, 5.74) is 1.19. The Morgan fingerprint density at radius 1 is 1.12 bits per heavy atom. The zero-order chi connectivity index (χ0) is 24.8. The van der Waals surface area contributed by atoms with Crippen molar-refractivity contribution in [1.29, 1.82) is 5.26 Å². The molecule has 1 amide bonds. The summed E-state index contributed by atoms with van der Waals surface area (Å²) in [6, 6.07) is 16.4. The predicted molar refractivity (Wildman–Crippen MR) is 148 cm³/mol. The number of hydrogen-bond donors (Lipinski definition) is 1. The van der Waals surface area contributed by atoms with Gasteiger partial charge < -0.3 is 10.1 Å². The molecule has 34 heavy (non-hydrogen) atoms. The number of nitro groups is 1. The van der Waals surface area contributed by atoms with E-state index in [1.165, 1.54) is 18.2 Å². The molecule has 0 unspecified atom stereocenters. The minimum absolute atomic E-state index is 0.0390. The molecule has 0 aromatic heterocycles. The van der Waals surface area contributed by atoms with E-state index in [9.17, 15) is 20.2 Å². The van der Waals surface area contributed by atoms with Crippen LogP contribution in [0.2, 0.25) is 10.0 Å². The summed E-state index contributed by atoms with van der Waals surface area (Å²) in [4.78, 5) is 23.0. The van der Waals surface area contributed by atoms with Crippen LogP contribution in [-0.4, -0.2) is 10.8 Å². The molecule has 172 valence electrons. The molecule has 3 aromatic rings. The highest BCUT2D eigenvalue weighted by Gasteiger charge is 2.16. The van der Waals surface area contributed by atoms with Gasteiger partial charge in [-0.15, -0.1) is 0 Å². The fourth-order valence-electron chi connectivity index (χ4n) is 2.76. The van der Waals surface area contributed by atoms with E-state index in [0.717, 1.165) is 18.8 Å². The maximum absolute atomic E-state index is 12.6. The van der Waals surface area contributed by atoms with Gasteiger partial charge in [-0.2, -0.15) is 5.26 Å². The monoisotopic (exact) mass is 719 g/mol. The fraction of sp³-hybridized carbons (Fsp3) is 0.0435. The van der Waals surface area contributed by atoms with Crippen molar-refractivity contribution in [1.82, 2.24) is 0 Å². The number of carbonyl (C=O) groups is 1. The van der Waals surface area contributed by atoms with Crippen molar-refractivity contribution >= 4 is 91.7 Å². The quantitative estimate of drug-likeness (QED) is 0.0912. The first-order valence-electron chi connectivity index (χ1n) is 9.41. The molecule has 0 spiro atoms. The van der Waals surface area contributed by atoms with Crippen molar-refractivity contribution in [3.05, 3.63) is 98.6 Å². The van der Waals surface area contributed by atoms with Crippen LogP contribution in [-0.2, 0) is 11.4 Å². The van der Waals surface area contributed by atoms with E-state index in [2.05, 4.69) is 50.5 Å². The van der Waals surface area contributed by atoms with Crippen LogP contribution in [0.3, 0.4) is 0 Å². The van der Waals surface area contributed by atoms with E-state index in [4.69, 9.17) is 27.9 Å². The summed E-state index contributed by atoms with van der Waals surface area (Å²) >= 11 is 16.2. The van der Waals surface area contributed by atoms with Gasteiger partial charge in [0.1, 0.15) is 24.0 Å². The molecule has 0 saturated carbocycles. The standard InChI is InChI=1S/C23H13Cl2I2N3O4/c24-16-3-1-13(2-4-16)12-34-22-19(26)8-14(9-20(22)27)7-15(11-28)23(31)29-21-10-17(30(32)33)5-6-18(21)25/h1-10H,12H2,(H,29,31)/b15-7+. The van der Waals surface area contributed by atoms with Crippen LogP contribution in [0.25, 0.3) is 6.08 Å². The first-order chi connectivity index (χ1) is 16.2. The number of halogens is 4. The van der Waals surface area contributed by atoms with Gasteiger partial charge in [0.2, 0.25) is 0 Å². The number of anilines is 1. The van der Waals surface area contributed by atoms with Crippen LogP contribution in [0.15, 0.2) is 60.2 Å². The zero-order valence-electron chi connectivity index (χ0n) is 17.0. The van der Waals surface area contributed by atoms with Crippen LogP contribution in [0.5, 0.6) is 5.75 Å². The summed E-state index contributed by atoms with van der Waals surface area (Å²) < 4.78 is 7.55. The van der Waals surface area contributed by atoms with Crippen LogP contribution in [0.4, 0.5) is 11.4 Å². The van der Waals surface area contributed by atoms with Crippen LogP contribution >= 0.6 is 68.4 Å². The number of amides is 1. The molecular formula is C23H13Cl2I2N3O4. The molecule has 3 aromatic carbocycles. The van der Waals surface area contributed by atoms with E-state index in [1.54, 1.807) is 24.3 Å². The molecule has 0 atom stereocenters. The number of rotatable bonds is 7. The number of ether oxygens (including phenoxy) is 1. The number of benzene rings is 3. The number of nitrogens with one attached hydrogen (secondary N) is 1. The summed E-state index contributed by atoms with van der Waals surface area (Å²) in [5.74, 6) is -0.0578. The Labute approximate surface area is 232 Å². The molecule has 7 nitrogen and oxygen atoms in total. The molecule has 0 radical (unpaired) electrons. The first-order valence-corrected chi connectivity index (χ1v) is 12.3. The van der Waals surface area contributed by atoms with Gasteiger partial charge in [0.25, 0.3) is 11.6 Å². The van der Waals surface area contributed by atoms with Crippen LogP contribution in [0.1, 0.15) is 11.1 Å². The highest BCUT2D eigenvalue weighted by molar-refractivity contribution is 14.1. The van der Waals surface area contributed by atoms with Gasteiger partial charge in [-0.1, -0.05) is 35.3 Å². The minimum atomic E-state index is -0.738. The zero-order valence-corrected chi connectivity index (χ0v) is 22.8. The van der Waals surface area contributed by atoms with Crippen molar-refractivity contribution in [2.45, 2.75) is 6.61 Å². The normalized spacial score (nSPS) is 11.0. The third-order valence-corrected chi connectivity index (χ3v) is 6.59. The van der Waals surface area contributed by atoms with Gasteiger partial charge in [-0.25, -0.2) is 0 Å². The highest BCUT2D eigenvalue weighted by Crippen LogP contribution is 2.31. The van der Waals surface area contributed by atoms with E-state index in [0.29, 0.717) is 22.9 Å². The van der Waals surface area contributed by atoms with Crippen molar-refractivity contribution in [2.75, 3.05) is 5.32 Å². The SMILES string of the molecule is N#C/C(=C\c1cc(I)c(OCc2ccc(Cl)cc2)c(I)c1)C(=O)Nc1cc([N+](=O)[O-])ccc1Cl. The summed E-state index contributed by atoms with van der Waals surface area (Å²) in [6.45, 7) is 0.355. The molecule has 1 N–H and O–H groups in total. The maximum Gasteiger partial charge on any atom is 0.271 e. The Balaban J connectivity index is 1.79. The number of carbonyl (C=O) groups excluding carboxylic acids is 1. The van der Waals surface area contributed by atoms with Crippen molar-refractivity contribution < 1.29 is 14.5 Å². The Morgan fingerprint density at radius 3 is 2.35 bits per heavy atom. The minimum Gasteiger partial charge on any atom is -0.487 e. The Morgan fingerprint density at radius 2 is 1.76 bits per heavy atom. The molecular weight excluding hydrogens is 707 g/mol. The lowest BCUT2D eigenvalue weighted by atomic mass is 10.1. The molecule has 0 fully saturated rings. The van der Waals surface area contributed by atoms with Crippen molar-refractivity contribution in [2.24, 2.45) is 0 Å². The Bertz CT molecular complexity index is 1320. The lowest BCUT2D eigenvalue weighted by Crippen LogP contribution is -2.14. The van der Waals surface area contributed by atoms with Gasteiger partial charge in [0, 0.05) is 17.2 Å². The molecule has 3 rings (SSSR count). The molecule has 0 aliphatic rings. The van der Waals surface area contributed by atoms with E-state index >= 15 is 0 Å². The van der Waals surface area contributed by atoms with Crippen molar-refractivity contribution in [3.8, 4) is 11.8 Å². The van der Waals surface area contributed by atoms with Gasteiger partial charge in [-0.05, 0) is 92.7 Å². The molecule has 0 saturated heterocycles. The molecule has 11 heteroatoms. The second-order valence-corrected chi connectivity index (χ2v) is 9.94. The number of non-ortho nitro benzene ring substituents is 1. The number of nitro benzene ring substituents is 1. The molecule has 0 heterocycles. The highest BCUT2D eigenvalue weighted by atomic mass is 127. The van der Waals surface area contributed by atoms with Gasteiger partial charge in [-0.3, -0.25) is 14.9 Å². The topological polar surface area (TPSA) is 105 Å². The number of nitrogens with zero attached hydrogens (tertiary/aromatic N) is 2. The average Bonchev–Trinajstić information content (AvgIpc) is 2.79. The van der Waals surface area contributed by atoms with Crippen LogP contribution < -0.4 is 10.1 Å². The van der Waals surface area contributed by atoms with Gasteiger partial charge in [0.15, 0.2) is 0 Å². The van der Waals surface area contributed by atoms with E-state index in [-0.39, 0.29) is 22.0 Å². The third-order valence-electron chi connectivity index (χ3n) is 4.40. The van der Waals surface area contributed by atoms with Crippen molar-refractivity contribution in [3.63, 3.8) is 0 Å². The lowest BCUT2D eigenvalue weighted by molar-refractivity contribution is -0.384. The van der Waals surface area contributed by atoms with Gasteiger partial charge in [0.05, 0.1) is 22.8 Å². The molecule has 0 bridgehead atoms. The smallest absolute Gasteiger partial charge is 0.271 e. The number of nitriles is 1. The van der Waals surface area contributed by atoms with Gasteiger partial charge >= 0.3 is 0 Å². The Hall–Kier alpha value is -2.40. The third kappa shape index (κ3) is 6.82. The summed E-state index contributed by atoms with van der Waals surface area (Å²) in [6.07, 6.45) is 1.42. The summed E-state index contributed by atoms with van der Waals surface area (Å²) in [5, 5.41) is 23.7. The average molecular weight is 720 g/mol. The summed E-state index contributed by atoms with van der Waals surface area (Å²) in [7, 11) is 0.